The number of rotatable bonds is 4. The maximum atomic E-state index is 11.8. The molecule has 0 saturated heterocycles. The number of esters is 1. The molecule has 19 heavy (non-hydrogen) atoms. The zero-order chi connectivity index (χ0) is 13.8. The number of carbonyl (C=O) groups excluding carboxylic acids is 1. The monoisotopic (exact) mass is 275 g/mol. The molecule has 0 aliphatic heterocycles. The van der Waals surface area contributed by atoms with E-state index in [2.05, 4.69) is 24.0 Å². The topological polar surface area (TPSA) is 39.2 Å². The van der Waals surface area contributed by atoms with Crippen LogP contribution >= 0.6 is 11.3 Å². The summed E-state index contributed by atoms with van der Waals surface area (Å²) in [5.41, 5.74) is 3.07. The number of hydrogen-bond donors (Lipinski definition) is 0. The molecular weight excluding hydrogens is 258 g/mol. The van der Waals surface area contributed by atoms with Gasteiger partial charge in [0.2, 0.25) is 0 Å². The molecule has 0 aliphatic carbocycles. The molecular formula is C15H17NO2S. The Bertz CT molecular complexity index is 572. The van der Waals surface area contributed by atoms with Crippen LogP contribution < -0.4 is 0 Å². The molecule has 1 aromatic heterocycles. The van der Waals surface area contributed by atoms with Crippen LogP contribution in [-0.4, -0.2) is 17.6 Å². The van der Waals surface area contributed by atoms with E-state index in [1.807, 2.05) is 19.1 Å². The van der Waals surface area contributed by atoms with Crippen molar-refractivity contribution >= 4 is 17.3 Å². The van der Waals surface area contributed by atoms with Gasteiger partial charge in [0.25, 0.3) is 0 Å². The molecule has 0 radical (unpaired) electrons. The minimum absolute atomic E-state index is 0.283. The highest BCUT2D eigenvalue weighted by atomic mass is 32.1. The summed E-state index contributed by atoms with van der Waals surface area (Å²) in [6.45, 7) is 6.16. The molecule has 3 nitrogen and oxygen atoms in total. The van der Waals surface area contributed by atoms with Crippen molar-refractivity contribution in [3.63, 3.8) is 0 Å². The molecule has 0 N–H and O–H groups in total. The normalized spacial score (nSPS) is 10.5. The Hall–Kier alpha value is -1.68. The molecule has 0 fully saturated rings. The second-order valence-corrected chi connectivity index (χ2v) is 5.20. The molecule has 1 heterocycles. The van der Waals surface area contributed by atoms with Gasteiger partial charge in [0.1, 0.15) is 9.88 Å². The SMILES string of the molecule is CCOC(=O)c1sc(-c2ccc(CC)cc2)nc1C. The van der Waals surface area contributed by atoms with E-state index in [1.54, 1.807) is 6.92 Å². The van der Waals surface area contributed by atoms with Crippen LogP contribution in [0.5, 0.6) is 0 Å². The summed E-state index contributed by atoms with van der Waals surface area (Å²) in [5, 5.41) is 0.864. The van der Waals surface area contributed by atoms with E-state index >= 15 is 0 Å². The lowest BCUT2D eigenvalue weighted by Crippen LogP contribution is -2.03. The number of aromatic nitrogens is 1. The number of thiazole rings is 1. The van der Waals surface area contributed by atoms with Crippen LogP contribution in [-0.2, 0) is 11.2 Å². The molecule has 2 aromatic rings. The van der Waals surface area contributed by atoms with Crippen molar-refractivity contribution in [1.29, 1.82) is 0 Å². The quantitative estimate of drug-likeness (QED) is 0.795. The fraction of sp³-hybridized carbons (Fsp3) is 0.333. The lowest BCUT2D eigenvalue weighted by atomic mass is 10.1. The lowest BCUT2D eigenvalue weighted by Gasteiger charge is -1.99. The predicted octanol–water partition coefficient (Wildman–Crippen LogP) is 3.86. The van der Waals surface area contributed by atoms with Crippen LogP contribution in [0.25, 0.3) is 10.6 Å². The summed E-state index contributed by atoms with van der Waals surface area (Å²) in [7, 11) is 0. The highest BCUT2D eigenvalue weighted by molar-refractivity contribution is 7.17. The maximum Gasteiger partial charge on any atom is 0.350 e. The van der Waals surface area contributed by atoms with E-state index in [4.69, 9.17) is 4.74 Å². The fourth-order valence-electron chi connectivity index (χ4n) is 1.79. The first-order chi connectivity index (χ1) is 9.15. The van der Waals surface area contributed by atoms with Crippen molar-refractivity contribution in [3.8, 4) is 10.6 Å². The van der Waals surface area contributed by atoms with Crippen LogP contribution in [0.1, 0.15) is 34.8 Å². The van der Waals surface area contributed by atoms with Gasteiger partial charge >= 0.3 is 5.97 Å². The van der Waals surface area contributed by atoms with Crippen LogP contribution in [0.2, 0.25) is 0 Å². The number of aryl methyl sites for hydroxylation is 2. The molecule has 1 aromatic carbocycles. The highest BCUT2D eigenvalue weighted by Gasteiger charge is 2.16. The van der Waals surface area contributed by atoms with E-state index in [0.717, 1.165) is 22.7 Å². The van der Waals surface area contributed by atoms with Crippen LogP contribution in [0.15, 0.2) is 24.3 Å². The van der Waals surface area contributed by atoms with E-state index in [1.165, 1.54) is 16.9 Å². The average molecular weight is 275 g/mol. The van der Waals surface area contributed by atoms with Crippen molar-refractivity contribution in [2.24, 2.45) is 0 Å². The lowest BCUT2D eigenvalue weighted by molar-refractivity contribution is 0.0531. The molecule has 0 bridgehead atoms. The Balaban J connectivity index is 2.30. The fourth-order valence-corrected chi connectivity index (χ4v) is 2.75. The van der Waals surface area contributed by atoms with Crippen molar-refractivity contribution < 1.29 is 9.53 Å². The van der Waals surface area contributed by atoms with Gasteiger partial charge in [-0.15, -0.1) is 11.3 Å². The van der Waals surface area contributed by atoms with Gasteiger partial charge in [0.05, 0.1) is 12.3 Å². The molecule has 0 aliphatic rings. The number of benzene rings is 1. The molecule has 2 rings (SSSR count). The van der Waals surface area contributed by atoms with E-state index in [-0.39, 0.29) is 5.97 Å². The van der Waals surface area contributed by atoms with E-state index in [9.17, 15) is 4.79 Å². The molecule has 0 spiro atoms. The van der Waals surface area contributed by atoms with Gasteiger partial charge in [-0.2, -0.15) is 0 Å². The van der Waals surface area contributed by atoms with Crippen LogP contribution in [0.4, 0.5) is 0 Å². The third-order valence-corrected chi connectivity index (χ3v) is 4.05. The molecule has 100 valence electrons. The summed E-state index contributed by atoms with van der Waals surface area (Å²) in [6.07, 6.45) is 1.02. The molecule has 0 atom stereocenters. The Morgan fingerprint density at radius 3 is 2.53 bits per heavy atom. The van der Waals surface area contributed by atoms with Crippen LogP contribution in [0, 0.1) is 6.92 Å². The van der Waals surface area contributed by atoms with Gasteiger partial charge in [-0.1, -0.05) is 31.2 Å². The van der Waals surface area contributed by atoms with Gasteiger partial charge < -0.3 is 4.74 Å². The third-order valence-electron chi connectivity index (χ3n) is 2.87. The van der Waals surface area contributed by atoms with Gasteiger partial charge in [0, 0.05) is 5.56 Å². The Kier molecular flexibility index (Phi) is 4.32. The first-order valence-corrected chi connectivity index (χ1v) is 7.21. The summed E-state index contributed by atoms with van der Waals surface area (Å²) in [4.78, 5) is 16.8. The summed E-state index contributed by atoms with van der Waals surface area (Å²) >= 11 is 1.39. The van der Waals surface area contributed by atoms with Crippen LogP contribution in [0.3, 0.4) is 0 Å². The van der Waals surface area contributed by atoms with E-state index in [0.29, 0.717) is 11.5 Å². The van der Waals surface area contributed by atoms with Gasteiger partial charge in [-0.05, 0) is 25.8 Å². The van der Waals surface area contributed by atoms with Crippen molar-refractivity contribution in [2.75, 3.05) is 6.61 Å². The predicted molar refractivity (Wildman–Crippen MR) is 77.6 cm³/mol. The maximum absolute atomic E-state index is 11.8. The number of hydrogen-bond acceptors (Lipinski definition) is 4. The van der Waals surface area contributed by atoms with Gasteiger partial charge in [0.15, 0.2) is 0 Å². The van der Waals surface area contributed by atoms with E-state index < -0.39 is 0 Å². The molecule has 4 heteroatoms. The Labute approximate surface area is 117 Å². The van der Waals surface area contributed by atoms with Crippen molar-refractivity contribution in [3.05, 3.63) is 40.4 Å². The first kappa shape index (κ1) is 13.7. The average Bonchev–Trinajstić information content (AvgIpc) is 2.81. The molecule has 0 saturated carbocycles. The Morgan fingerprint density at radius 1 is 1.26 bits per heavy atom. The Morgan fingerprint density at radius 2 is 1.95 bits per heavy atom. The molecule has 0 unspecified atom stereocenters. The third kappa shape index (κ3) is 3.01. The largest absolute Gasteiger partial charge is 0.462 e. The zero-order valence-electron chi connectivity index (χ0n) is 11.4. The zero-order valence-corrected chi connectivity index (χ0v) is 12.2. The number of ether oxygens (including phenoxy) is 1. The van der Waals surface area contributed by atoms with Gasteiger partial charge in [-0.25, -0.2) is 9.78 Å². The second-order valence-electron chi connectivity index (χ2n) is 4.20. The van der Waals surface area contributed by atoms with Crippen molar-refractivity contribution in [2.45, 2.75) is 27.2 Å². The smallest absolute Gasteiger partial charge is 0.350 e. The molecule has 0 amide bonds. The highest BCUT2D eigenvalue weighted by Crippen LogP contribution is 2.28. The minimum atomic E-state index is -0.283. The number of nitrogens with zero attached hydrogens (tertiary/aromatic N) is 1. The summed E-state index contributed by atoms with van der Waals surface area (Å²) < 4.78 is 5.03. The number of carbonyl (C=O) groups is 1. The minimum Gasteiger partial charge on any atom is -0.462 e. The van der Waals surface area contributed by atoms with Gasteiger partial charge in [-0.3, -0.25) is 0 Å². The first-order valence-electron chi connectivity index (χ1n) is 6.39. The van der Waals surface area contributed by atoms with Crippen molar-refractivity contribution in [1.82, 2.24) is 4.98 Å². The summed E-state index contributed by atoms with van der Waals surface area (Å²) in [6, 6.07) is 8.28. The standard InChI is InChI=1S/C15H17NO2S/c1-4-11-6-8-12(9-7-11)14-16-10(3)13(19-14)15(17)18-5-2/h6-9H,4-5H2,1-3H3. The summed E-state index contributed by atoms with van der Waals surface area (Å²) in [5.74, 6) is -0.283. The second kappa shape index (κ2) is 5.97.